The number of benzene rings is 2. The summed E-state index contributed by atoms with van der Waals surface area (Å²) in [4.78, 5) is 12.2. The van der Waals surface area contributed by atoms with Gasteiger partial charge in [0, 0.05) is 11.6 Å². The Morgan fingerprint density at radius 3 is 2.39 bits per heavy atom. The van der Waals surface area contributed by atoms with Gasteiger partial charge in [0.15, 0.2) is 0 Å². The molecule has 0 bridgehead atoms. The van der Waals surface area contributed by atoms with Gasteiger partial charge < -0.3 is 15.7 Å². The number of amides is 2. The summed E-state index contributed by atoms with van der Waals surface area (Å²) in [6.45, 7) is 1.88. The van der Waals surface area contributed by atoms with Gasteiger partial charge in [-0.2, -0.15) is 0 Å². The second-order valence-corrected chi connectivity index (χ2v) is 5.74. The molecule has 4 nitrogen and oxygen atoms in total. The molecule has 0 aliphatic heterocycles. The first-order chi connectivity index (χ1) is 11.1. The topological polar surface area (TPSA) is 61.4 Å². The van der Waals surface area contributed by atoms with Crippen LogP contribution in [0.5, 0.6) is 0 Å². The molecule has 0 aromatic heterocycles. The van der Waals surface area contributed by atoms with Crippen LogP contribution in [0, 0.1) is 0 Å². The predicted molar refractivity (Wildman–Crippen MR) is 92.4 cm³/mol. The van der Waals surface area contributed by atoms with Gasteiger partial charge in [-0.25, -0.2) is 4.79 Å². The lowest BCUT2D eigenvalue weighted by molar-refractivity contribution is 0.226. The minimum Gasteiger partial charge on any atom is -0.396 e. The molecule has 5 heteroatoms. The van der Waals surface area contributed by atoms with Crippen molar-refractivity contribution >= 4 is 17.6 Å². The highest BCUT2D eigenvalue weighted by molar-refractivity contribution is 6.31. The van der Waals surface area contributed by atoms with E-state index in [1.807, 2.05) is 55.5 Å². The van der Waals surface area contributed by atoms with E-state index in [1.165, 1.54) is 0 Å². The number of nitrogens with one attached hydrogen (secondary N) is 2. The summed E-state index contributed by atoms with van der Waals surface area (Å²) in [5, 5.41) is 15.6. The van der Waals surface area contributed by atoms with Gasteiger partial charge >= 0.3 is 6.03 Å². The number of halogens is 1. The molecule has 0 radical (unpaired) electrons. The van der Waals surface area contributed by atoms with Gasteiger partial charge in [-0.3, -0.25) is 0 Å². The zero-order valence-electron chi connectivity index (χ0n) is 13.0. The molecule has 0 heterocycles. The summed E-state index contributed by atoms with van der Waals surface area (Å²) in [6.07, 6.45) is 0.456. The Kier molecular flexibility index (Phi) is 6.44. The molecule has 2 amide bonds. The van der Waals surface area contributed by atoms with Gasteiger partial charge in [0.1, 0.15) is 0 Å². The highest BCUT2D eigenvalue weighted by Crippen LogP contribution is 2.22. The van der Waals surface area contributed by atoms with Crippen LogP contribution in [0.15, 0.2) is 54.6 Å². The van der Waals surface area contributed by atoms with Crippen LogP contribution >= 0.6 is 11.6 Å². The summed E-state index contributed by atoms with van der Waals surface area (Å²) in [5.41, 5.74) is 1.82. The summed E-state index contributed by atoms with van der Waals surface area (Å²) in [6, 6.07) is 16.3. The van der Waals surface area contributed by atoms with Crippen molar-refractivity contribution in [1.82, 2.24) is 10.6 Å². The van der Waals surface area contributed by atoms with Crippen molar-refractivity contribution in [3.05, 3.63) is 70.7 Å². The highest BCUT2D eigenvalue weighted by Gasteiger charge is 2.16. The molecule has 0 spiro atoms. The van der Waals surface area contributed by atoms with Crippen molar-refractivity contribution < 1.29 is 9.90 Å². The Balaban J connectivity index is 2.01. The van der Waals surface area contributed by atoms with Crippen LogP contribution in [0.25, 0.3) is 0 Å². The number of urea groups is 1. The van der Waals surface area contributed by atoms with E-state index in [2.05, 4.69) is 10.6 Å². The SMILES string of the molecule is CC(NC(=O)N[C@H](CCO)c1ccccc1)c1ccccc1Cl. The molecule has 0 aliphatic carbocycles. The van der Waals surface area contributed by atoms with Crippen LogP contribution < -0.4 is 10.6 Å². The smallest absolute Gasteiger partial charge is 0.315 e. The van der Waals surface area contributed by atoms with Crippen molar-refractivity contribution in [1.29, 1.82) is 0 Å². The maximum absolute atomic E-state index is 12.2. The van der Waals surface area contributed by atoms with E-state index in [0.717, 1.165) is 11.1 Å². The van der Waals surface area contributed by atoms with Crippen LogP contribution in [0.1, 0.15) is 36.6 Å². The molecule has 2 atom stereocenters. The van der Waals surface area contributed by atoms with E-state index in [1.54, 1.807) is 6.07 Å². The molecule has 2 aromatic rings. The molecule has 0 aliphatic rings. The Morgan fingerprint density at radius 2 is 1.74 bits per heavy atom. The number of hydrogen-bond acceptors (Lipinski definition) is 2. The van der Waals surface area contributed by atoms with Gasteiger partial charge in [0.05, 0.1) is 12.1 Å². The van der Waals surface area contributed by atoms with Crippen molar-refractivity contribution in [2.24, 2.45) is 0 Å². The summed E-state index contributed by atoms with van der Waals surface area (Å²) >= 11 is 6.15. The second-order valence-electron chi connectivity index (χ2n) is 5.34. The van der Waals surface area contributed by atoms with Crippen molar-refractivity contribution in [3.8, 4) is 0 Å². The zero-order chi connectivity index (χ0) is 16.7. The predicted octanol–water partition coefficient (Wildman–Crippen LogP) is 3.82. The summed E-state index contributed by atoms with van der Waals surface area (Å²) < 4.78 is 0. The largest absolute Gasteiger partial charge is 0.396 e. The summed E-state index contributed by atoms with van der Waals surface area (Å²) in [5.74, 6) is 0. The lowest BCUT2D eigenvalue weighted by Crippen LogP contribution is -2.39. The number of hydrogen-bond donors (Lipinski definition) is 3. The van der Waals surface area contributed by atoms with Gasteiger partial charge in [-0.05, 0) is 30.5 Å². The monoisotopic (exact) mass is 332 g/mol. The third kappa shape index (κ3) is 4.98. The molecule has 2 aromatic carbocycles. The Hall–Kier alpha value is -2.04. The van der Waals surface area contributed by atoms with Crippen LogP contribution in [0.4, 0.5) is 4.79 Å². The van der Waals surface area contributed by atoms with Crippen LogP contribution in [0.3, 0.4) is 0 Å². The molecule has 122 valence electrons. The van der Waals surface area contributed by atoms with E-state index in [0.29, 0.717) is 11.4 Å². The standard InChI is InChI=1S/C18H21ClN2O2/c1-13(15-9-5-6-10-16(15)19)20-18(23)21-17(11-12-22)14-7-3-2-4-8-14/h2-10,13,17,22H,11-12H2,1H3,(H2,20,21,23)/t13?,17-/m1/s1. The fraction of sp³-hybridized carbons (Fsp3) is 0.278. The van der Waals surface area contributed by atoms with Crippen molar-refractivity contribution in [2.75, 3.05) is 6.61 Å². The normalized spacial score (nSPS) is 13.2. The minimum absolute atomic E-state index is 0.0000913. The molecule has 2 rings (SSSR count). The van der Waals surface area contributed by atoms with Gasteiger partial charge in [-0.1, -0.05) is 60.1 Å². The van der Waals surface area contributed by atoms with Crippen molar-refractivity contribution in [3.63, 3.8) is 0 Å². The molecule has 0 saturated carbocycles. The molecule has 3 N–H and O–H groups in total. The maximum Gasteiger partial charge on any atom is 0.315 e. The first-order valence-electron chi connectivity index (χ1n) is 7.59. The van der Waals surface area contributed by atoms with E-state index in [4.69, 9.17) is 11.6 Å². The number of carbonyl (C=O) groups is 1. The van der Waals surface area contributed by atoms with Gasteiger partial charge in [0.25, 0.3) is 0 Å². The molecule has 23 heavy (non-hydrogen) atoms. The summed E-state index contributed by atoms with van der Waals surface area (Å²) in [7, 11) is 0. The molecular formula is C18H21ClN2O2. The van der Waals surface area contributed by atoms with E-state index in [-0.39, 0.29) is 24.7 Å². The Bertz CT molecular complexity index is 634. The second kappa shape index (κ2) is 8.56. The van der Waals surface area contributed by atoms with E-state index in [9.17, 15) is 9.90 Å². The van der Waals surface area contributed by atoms with Crippen LogP contribution in [-0.4, -0.2) is 17.7 Å². The molecule has 0 saturated heterocycles. The Morgan fingerprint density at radius 1 is 1.09 bits per heavy atom. The fourth-order valence-corrected chi connectivity index (χ4v) is 2.74. The van der Waals surface area contributed by atoms with E-state index >= 15 is 0 Å². The molecular weight excluding hydrogens is 312 g/mol. The first-order valence-corrected chi connectivity index (χ1v) is 7.97. The third-order valence-corrected chi connectivity index (χ3v) is 3.99. The average Bonchev–Trinajstić information content (AvgIpc) is 2.55. The quantitative estimate of drug-likeness (QED) is 0.753. The number of carbonyl (C=O) groups excluding carboxylic acids is 1. The first kappa shape index (κ1) is 17.3. The average molecular weight is 333 g/mol. The number of rotatable bonds is 6. The van der Waals surface area contributed by atoms with Crippen LogP contribution in [0.2, 0.25) is 5.02 Å². The maximum atomic E-state index is 12.2. The number of aliphatic hydroxyl groups is 1. The van der Waals surface area contributed by atoms with Crippen LogP contribution in [-0.2, 0) is 0 Å². The zero-order valence-corrected chi connectivity index (χ0v) is 13.8. The van der Waals surface area contributed by atoms with Gasteiger partial charge in [-0.15, -0.1) is 0 Å². The lowest BCUT2D eigenvalue weighted by Gasteiger charge is -2.21. The van der Waals surface area contributed by atoms with Gasteiger partial charge in [0.2, 0.25) is 0 Å². The van der Waals surface area contributed by atoms with Crippen molar-refractivity contribution in [2.45, 2.75) is 25.4 Å². The lowest BCUT2D eigenvalue weighted by atomic mass is 10.0. The van der Waals surface area contributed by atoms with E-state index < -0.39 is 0 Å². The highest BCUT2D eigenvalue weighted by atomic mass is 35.5. The Labute approximate surface area is 141 Å². The molecule has 0 fully saturated rings. The number of aliphatic hydroxyl groups excluding tert-OH is 1. The fourth-order valence-electron chi connectivity index (χ4n) is 2.44. The minimum atomic E-state index is -0.292. The third-order valence-electron chi connectivity index (χ3n) is 3.64. The molecule has 1 unspecified atom stereocenters.